The van der Waals surface area contributed by atoms with Crippen LogP contribution in [0.15, 0.2) is 4.99 Å². The van der Waals surface area contributed by atoms with Crippen LogP contribution in [0.25, 0.3) is 0 Å². The first-order chi connectivity index (χ1) is 6.20. The molecule has 0 bridgehead atoms. The number of hydrogen-bond donors (Lipinski definition) is 0. The Bertz CT molecular complexity index is 176. The molecule has 0 rings (SSSR count). The molecule has 0 aliphatic rings. The number of rotatable bonds is 6. The molecular weight excluding hydrogens is 166 g/mol. The normalized spacial score (nSPS) is 11.5. The molecule has 13 heavy (non-hydrogen) atoms. The molecule has 0 amide bonds. The molecule has 0 aromatic rings. The zero-order chi connectivity index (χ0) is 10.1. The molecule has 3 nitrogen and oxygen atoms in total. The van der Waals surface area contributed by atoms with Crippen molar-refractivity contribution in [2.24, 2.45) is 4.99 Å². The molecule has 0 aromatic carbocycles. The highest BCUT2D eigenvalue weighted by atomic mass is 16.5. The SMILES string of the molecule is CCCCC/N=C(/C)CC(=O)OC. The first-order valence-electron chi connectivity index (χ1n) is 4.77. The Kier molecular flexibility index (Phi) is 7.26. The number of unbranched alkanes of at least 4 members (excludes halogenated alkanes) is 2. The lowest BCUT2D eigenvalue weighted by Gasteiger charge is -1.99. The van der Waals surface area contributed by atoms with Crippen LogP contribution in [0, 0.1) is 0 Å². The van der Waals surface area contributed by atoms with E-state index in [1.807, 2.05) is 6.92 Å². The molecular formula is C10H19NO2. The minimum absolute atomic E-state index is 0.211. The van der Waals surface area contributed by atoms with Gasteiger partial charge in [0.15, 0.2) is 0 Å². The molecule has 0 radical (unpaired) electrons. The maximum atomic E-state index is 10.8. The molecule has 0 saturated carbocycles. The van der Waals surface area contributed by atoms with Gasteiger partial charge in [-0.15, -0.1) is 0 Å². The van der Waals surface area contributed by atoms with Gasteiger partial charge in [-0.1, -0.05) is 19.8 Å². The zero-order valence-electron chi connectivity index (χ0n) is 8.80. The van der Waals surface area contributed by atoms with Crippen LogP contribution in [-0.2, 0) is 9.53 Å². The van der Waals surface area contributed by atoms with Crippen molar-refractivity contribution in [3.8, 4) is 0 Å². The second-order valence-electron chi connectivity index (χ2n) is 3.08. The molecule has 76 valence electrons. The largest absolute Gasteiger partial charge is 0.469 e. The Hall–Kier alpha value is -0.860. The molecule has 0 spiro atoms. The topological polar surface area (TPSA) is 38.7 Å². The Morgan fingerprint density at radius 1 is 1.38 bits per heavy atom. The highest BCUT2D eigenvalue weighted by Gasteiger charge is 2.01. The van der Waals surface area contributed by atoms with Gasteiger partial charge in [-0.05, 0) is 13.3 Å². The molecule has 0 aliphatic carbocycles. The summed E-state index contributed by atoms with van der Waals surface area (Å²) >= 11 is 0. The van der Waals surface area contributed by atoms with Crippen LogP contribution >= 0.6 is 0 Å². The van der Waals surface area contributed by atoms with E-state index in [0.29, 0.717) is 6.42 Å². The summed E-state index contributed by atoms with van der Waals surface area (Å²) in [6.07, 6.45) is 3.83. The minimum atomic E-state index is -0.211. The number of ether oxygens (including phenoxy) is 1. The lowest BCUT2D eigenvalue weighted by atomic mass is 10.2. The maximum Gasteiger partial charge on any atom is 0.311 e. The number of carbonyl (C=O) groups excluding carboxylic acids is 1. The van der Waals surface area contributed by atoms with Crippen molar-refractivity contribution >= 4 is 11.7 Å². The third-order valence-corrected chi connectivity index (χ3v) is 1.77. The standard InChI is InChI=1S/C10H19NO2/c1-4-5-6-7-11-9(2)8-10(12)13-3/h4-8H2,1-3H3/b11-9-. The molecule has 0 fully saturated rings. The Labute approximate surface area is 80.2 Å². The first kappa shape index (κ1) is 12.1. The van der Waals surface area contributed by atoms with Crippen LogP contribution < -0.4 is 0 Å². The van der Waals surface area contributed by atoms with Gasteiger partial charge in [0.1, 0.15) is 0 Å². The van der Waals surface area contributed by atoms with Crippen molar-refractivity contribution in [3.63, 3.8) is 0 Å². The fourth-order valence-corrected chi connectivity index (χ4v) is 0.969. The van der Waals surface area contributed by atoms with Crippen LogP contribution in [0.1, 0.15) is 39.5 Å². The van der Waals surface area contributed by atoms with Gasteiger partial charge < -0.3 is 4.74 Å². The van der Waals surface area contributed by atoms with Gasteiger partial charge in [0.25, 0.3) is 0 Å². The molecule has 3 heteroatoms. The lowest BCUT2D eigenvalue weighted by Crippen LogP contribution is -2.06. The summed E-state index contributed by atoms with van der Waals surface area (Å²) in [5.74, 6) is -0.211. The fraction of sp³-hybridized carbons (Fsp3) is 0.800. The summed E-state index contributed by atoms with van der Waals surface area (Å²) in [5.41, 5.74) is 0.864. The van der Waals surface area contributed by atoms with E-state index in [4.69, 9.17) is 0 Å². The van der Waals surface area contributed by atoms with Crippen molar-refractivity contribution in [2.75, 3.05) is 13.7 Å². The highest BCUT2D eigenvalue weighted by Crippen LogP contribution is 1.96. The lowest BCUT2D eigenvalue weighted by molar-refractivity contribution is -0.139. The number of nitrogens with zero attached hydrogens (tertiary/aromatic N) is 1. The molecule has 0 unspecified atom stereocenters. The highest BCUT2D eigenvalue weighted by molar-refractivity contribution is 5.97. The van der Waals surface area contributed by atoms with E-state index < -0.39 is 0 Å². The number of carbonyl (C=O) groups is 1. The van der Waals surface area contributed by atoms with Crippen molar-refractivity contribution in [3.05, 3.63) is 0 Å². The van der Waals surface area contributed by atoms with E-state index >= 15 is 0 Å². The predicted molar refractivity (Wildman–Crippen MR) is 54.1 cm³/mol. The number of methoxy groups -OCH3 is 1. The van der Waals surface area contributed by atoms with E-state index in [1.54, 1.807) is 0 Å². The van der Waals surface area contributed by atoms with Crippen molar-refractivity contribution < 1.29 is 9.53 Å². The van der Waals surface area contributed by atoms with Crippen molar-refractivity contribution in [1.29, 1.82) is 0 Å². The van der Waals surface area contributed by atoms with Crippen LogP contribution in [0.3, 0.4) is 0 Å². The Morgan fingerprint density at radius 2 is 2.08 bits per heavy atom. The zero-order valence-corrected chi connectivity index (χ0v) is 8.80. The average molecular weight is 185 g/mol. The summed E-state index contributed by atoms with van der Waals surface area (Å²) in [4.78, 5) is 15.1. The Morgan fingerprint density at radius 3 is 2.62 bits per heavy atom. The maximum absolute atomic E-state index is 10.8. The Balaban J connectivity index is 3.56. The third-order valence-electron chi connectivity index (χ3n) is 1.77. The van der Waals surface area contributed by atoms with E-state index in [0.717, 1.165) is 18.7 Å². The second-order valence-corrected chi connectivity index (χ2v) is 3.08. The van der Waals surface area contributed by atoms with Gasteiger partial charge in [0.05, 0.1) is 13.5 Å². The van der Waals surface area contributed by atoms with Crippen molar-refractivity contribution in [2.45, 2.75) is 39.5 Å². The van der Waals surface area contributed by atoms with E-state index in [2.05, 4.69) is 16.7 Å². The summed E-state index contributed by atoms with van der Waals surface area (Å²) < 4.78 is 4.53. The third kappa shape index (κ3) is 7.50. The van der Waals surface area contributed by atoms with Gasteiger partial charge in [0.2, 0.25) is 0 Å². The fourth-order valence-electron chi connectivity index (χ4n) is 0.969. The molecule has 0 saturated heterocycles. The molecule has 0 aliphatic heterocycles. The van der Waals surface area contributed by atoms with Crippen LogP contribution in [0.2, 0.25) is 0 Å². The quantitative estimate of drug-likeness (QED) is 0.361. The van der Waals surface area contributed by atoms with Gasteiger partial charge in [-0.2, -0.15) is 0 Å². The average Bonchev–Trinajstić information content (AvgIpc) is 2.12. The smallest absolute Gasteiger partial charge is 0.311 e. The summed E-state index contributed by atoms with van der Waals surface area (Å²) in [6.45, 7) is 4.85. The monoisotopic (exact) mass is 185 g/mol. The molecule has 0 N–H and O–H groups in total. The number of aliphatic imine (C=N–C) groups is 1. The molecule has 0 heterocycles. The predicted octanol–water partition coefficient (Wildman–Crippen LogP) is 2.20. The van der Waals surface area contributed by atoms with Gasteiger partial charge in [0, 0.05) is 12.3 Å². The van der Waals surface area contributed by atoms with E-state index in [-0.39, 0.29) is 5.97 Å². The minimum Gasteiger partial charge on any atom is -0.469 e. The first-order valence-corrected chi connectivity index (χ1v) is 4.77. The van der Waals surface area contributed by atoms with E-state index in [1.165, 1.54) is 20.0 Å². The van der Waals surface area contributed by atoms with Crippen LogP contribution in [0.5, 0.6) is 0 Å². The van der Waals surface area contributed by atoms with Crippen molar-refractivity contribution in [1.82, 2.24) is 0 Å². The number of hydrogen-bond acceptors (Lipinski definition) is 3. The molecule has 0 atom stereocenters. The summed E-state index contributed by atoms with van der Waals surface area (Å²) in [7, 11) is 1.40. The number of esters is 1. The van der Waals surface area contributed by atoms with E-state index in [9.17, 15) is 4.79 Å². The summed E-state index contributed by atoms with van der Waals surface area (Å²) in [6, 6.07) is 0. The van der Waals surface area contributed by atoms with Crippen LogP contribution in [0.4, 0.5) is 0 Å². The van der Waals surface area contributed by atoms with Gasteiger partial charge >= 0.3 is 5.97 Å². The van der Waals surface area contributed by atoms with Gasteiger partial charge in [-0.25, -0.2) is 0 Å². The summed E-state index contributed by atoms with van der Waals surface area (Å²) in [5, 5.41) is 0. The molecule has 0 aromatic heterocycles. The second kappa shape index (κ2) is 7.77. The van der Waals surface area contributed by atoms with Gasteiger partial charge in [-0.3, -0.25) is 9.79 Å². The van der Waals surface area contributed by atoms with Crippen LogP contribution in [-0.4, -0.2) is 25.3 Å².